The molecular formula is C17H19N3O3. The summed E-state index contributed by atoms with van der Waals surface area (Å²) in [5.41, 5.74) is 2.24. The van der Waals surface area contributed by atoms with Crippen LogP contribution in [0.25, 0.3) is 0 Å². The highest BCUT2D eigenvalue weighted by Crippen LogP contribution is 2.35. The molecule has 6 heteroatoms. The van der Waals surface area contributed by atoms with Gasteiger partial charge in [0, 0.05) is 12.1 Å². The zero-order valence-electron chi connectivity index (χ0n) is 13.4. The van der Waals surface area contributed by atoms with Crippen LogP contribution >= 0.6 is 0 Å². The van der Waals surface area contributed by atoms with Crippen LogP contribution in [0.4, 0.5) is 0 Å². The molecule has 1 N–H and O–H groups in total. The highest BCUT2D eigenvalue weighted by Gasteiger charge is 2.34. The fraction of sp³-hybridized carbons (Fsp3) is 0.353. The van der Waals surface area contributed by atoms with Gasteiger partial charge < -0.3 is 9.64 Å². The Morgan fingerprint density at radius 3 is 2.74 bits per heavy atom. The second-order valence-electron chi connectivity index (χ2n) is 5.81. The number of rotatable bonds is 2. The summed E-state index contributed by atoms with van der Waals surface area (Å²) in [6.07, 6.45) is 0.756. The van der Waals surface area contributed by atoms with Gasteiger partial charge in [0.15, 0.2) is 0 Å². The molecule has 0 bridgehead atoms. The number of amides is 1. The fourth-order valence-electron chi connectivity index (χ4n) is 3.21. The van der Waals surface area contributed by atoms with Crippen LogP contribution in [0.2, 0.25) is 0 Å². The minimum Gasteiger partial charge on any atom is -0.497 e. The van der Waals surface area contributed by atoms with E-state index < -0.39 is 0 Å². The van der Waals surface area contributed by atoms with Crippen LogP contribution < -0.4 is 10.3 Å². The van der Waals surface area contributed by atoms with E-state index in [0.29, 0.717) is 0 Å². The molecule has 0 aliphatic carbocycles. The molecular weight excluding hydrogens is 294 g/mol. The Morgan fingerprint density at radius 2 is 2.09 bits per heavy atom. The molecule has 0 radical (unpaired) electrons. The van der Waals surface area contributed by atoms with Gasteiger partial charge in [0.05, 0.1) is 13.2 Å². The first-order valence-corrected chi connectivity index (χ1v) is 7.56. The van der Waals surface area contributed by atoms with Gasteiger partial charge in [0.2, 0.25) is 0 Å². The van der Waals surface area contributed by atoms with Gasteiger partial charge in [-0.05, 0) is 49.6 Å². The normalized spacial score (nSPS) is 20.0. The van der Waals surface area contributed by atoms with Crippen molar-refractivity contribution < 1.29 is 9.53 Å². The zero-order valence-corrected chi connectivity index (χ0v) is 13.4. The van der Waals surface area contributed by atoms with Gasteiger partial charge in [0.25, 0.3) is 11.5 Å². The molecule has 0 saturated carbocycles. The standard InChI is InChI=1S/C17H19N3O3/c1-10-8-12-9-13(23-3)4-5-14(12)11(2)20(10)17(22)15-6-7-16(21)19-18-15/h4-7,9-11H,8H2,1-3H3,(H,19,21). The molecule has 23 heavy (non-hydrogen) atoms. The third-order valence-corrected chi connectivity index (χ3v) is 4.34. The van der Waals surface area contributed by atoms with Crippen molar-refractivity contribution in [2.45, 2.75) is 32.4 Å². The Bertz CT molecular complexity index is 779. The molecule has 2 aromatic rings. The average Bonchev–Trinajstić information content (AvgIpc) is 2.54. The number of ether oxygens (including phenoxy) is 1. The lowest BCUT2D eigenvalue weighted by atomic mass is 9.89. The molecule has 3 rings (SSSR count). The number of nitrogens with zero attached hydrogens (tertiary/aromatic N) is 2. The first-order chi connectivity index (χ1) is 11.0. The van der Waals surface area contributed by atoms with E-state index >= 15 is 0 Å². The molecule has 120 valence electrons. The topological polar surface area (TPSA) is 75.3 Å². The van der Waals surface area contributed by atoms with Crippen LogP contribution in [-0.4, -0.2) is 34.2 Å². The Morgan fingerprint density at radius 1 is 1.30 bits per heavy atom. The van der Waals surface area contributed by atoms with Gasteiger partial charge in [-0.1, -0.05) is 6.07 Å². The van der Waals surface area contributed by atoms with Gasteiger partial charge in [-0.25, -0.2) is 5.10 Å². The summed E-state index contributed by atoms with van der Waals surface area (Å²) in [7, 11) is 1.65. The molecule has 1 aliphatic heterocycles. The first kappa shape index (κ1) is 15.3. The second-order valence-corrected chi connectivity index (χ2v) is 5.81. The second kappa shape index (κ2) is 5.87. The van der Waals surface area contributed by atoms with E-state index in [1.54, 1.807) is 7.11 Å². The maximum absolute atomic E-state index is 12.8. The molecule has 1 amide bonds. The largest absolute Gasteiger partial charge is 0.497 e. The summed E-state index contributed by atoms with van der Waals surface area (Å²) >= 11 is 0. The lowest BCUT2D eigenvalue weighted by molar-refractivity contribution is 0.0573. The number of methoxy groups -OCH3 is 1. The Hall–Kier alpha value is -2.63. The summed E-state index contributed by atoms with van der Waals surface area (Å²) in [4.78, 5) is 25.7. The van der Waals surface area contributed by atoms with Gasteiger partial charge in [-0.15, -0.1) is 0 Å². The highest BCUT2D eigenvalue weighted by molar-refractivity contribution is 5.92. The molecule has 1 aliphatic rings. The van der Waals surface area contributed by atoms with E-state index in [0.717, 1.165) is 17.7 Å². The van der Waals surface area contributed by atoms with Crippen LogP contribution in [0, 0.1) is 0 Å². The Labute approximate surface area is 134 Å². The lowest BCUT2D eigenvalue weighted by Crippen LogP contribution is -2.45. The predicted molar refractivity (Wildman–Crippen MR) is 85.6 cm³/mol. The SMILES string of the molecule is COc1ccc2c(c1)CC(C)N(C(=O)c1ccc(=O)[nH]n1)C2C. The van der Waals surface area contributed by atoms with Crippen molar-refractivity contribution in [3.63, 3.8) is 0 Å². The number of H-pyrrole nitrogens is 1. The van der Waals surface area contributed by atoms with Crippen molar-refractivity contribution >= 4 is 5.91 Å². The Balaban J connectivity index is 1.95. The van der Waals surface area contributed by atoms with Crippen LogP contribution in [0.1, 0.15) is 41.5 Å². The van der Waals surface area contributed by atoms with Gasteiger partial charge >= 0.3 is 0 Å². The van der Waals surface area contributed by atoms with Crippen LogP contribution in [-0.2, 0) is 6.42 Å². The monoisotopic (exact) mass is 313 g/mol. The number of carbonyl (C=O) groups excluding carboxylic acids is 1. The smallest absolute Gasteiger partial charge is 0.275 e. The van der Waals surface area contributed by atoms with Crippen LogP contribution in [0.5, 0.6) is 5.75 Å². The van der Waals surface area contributed by atoms with E-state index in [1.807, 2.05) is 36.9 Å². The molecule has 2 heterocycles. The molecule has 2 unspecified atom stereocenters. The lowest BCUT2D eigenvalue weighted by Gasteiger charge is -2.40. The summed E-state index contributed by atoms with van der Waals surface area (Å²) < 4.78 is 5.28. The average molecular weight is 313 g/mol. The molecule has 1 aromatic carbocycles. The number of fused-ring (bicyclic) bond motifs is 1. The molecule has 6 nitrogen and oxygen atoms in total. The van der Waals surface area contributed by atoms with E-state index in [1.165, 1.54) is 17.7 Å². The van der Waals surface area contributed by atoms with Gasteiger partial charge in [-0.2, -0.15) is 5.10 Å². The quantitative estimate of drug-likeness (QED) is 0.919. The van der Waals surface area contributed by atoms with Crippen molar-refractivity contribution in [3.05, 3.63) is 57.5 Å². The van der Waals surface area contributed by atoms with Crippen molar-refractivity contribution in [2.24, 2.45) is 0 Å². The van der Waals surface area contributed by atoms with Crippen molar-refractivity contribution in [1.82, 2.24) is 15.1 Å². The molecule has 1 aromatic heterocycles. The zero-order chi connectivity index (χ0) is 16.6. The van der Waals surface area contributed by atoms with Gasteiger partial charge in [0.1, 0.15) is 11.4 Å². The number of aromatic amines is 1. The summed E-state index contributed by atoms with van der Waals surface area (Å²) in [6, 6.07) is 8.69. The number of nitrogens with one attached hydrogen (secondary N) is 1. The summed E-state index contributed by atoms with van der Waals surface area (Å²) in [5.74, 6) is 0.646. The number of benzene rings is 1. The minimum absolute atomic E-state index is 0.0332. The van der Waals surface area contributed by atoms with E-state index in [4.69, 9.17) is 4.74 Å². The maximum atomic E-state index is 12.8. The van der Waals surface area contributed by atoms with Gasteiger partial charge in [-0.3, -0.25) is 9.59 Å². The summed E-state index contributed by atoms with van der Waals surface area (Å²) in [6.45, 7) is 4.02. The van der Waals surface area contributed by atoms with E-state index in [9.17, 15) is 9.59 Å². The fourth-order valence-corrected chi connectivity index (χ4v) is 3.21. The Kier molecular flexibility index (Phi) is 3.90. The molecule has 0 saturated heterocycles. The van der Waals surface area contributed by atoms with Crippen molar-refractivity contribution in [1.29, 1.82) is 0 Å². The van der Waals surface area contributed by atoms with Crippen LogP contribution in [0.3, 0.4) is 0 Å². The molecule has 2 atom stereocenters. The number of aromatic nitrogens is 2. The molecule has 0 fully saturated rings. The van der Waals surface area contributed by atoms with Crippen molar-refractivity contribution in [3.8, 4) is 5.75 Å². The predicted octanol–water partition coefficient (Wildman–Crippen LogP) is 1.93. The molecule has 0 spiro atoms. The highest BCUT2D eigenvalue weighted by atomic mass is 16.5. The number of carbonyl (C=O) groups is 1. The number of hydrogen-bond acceptors (Lipinski definition) is 4. The summed E-state index contributed by atoms with van der Waals surface area (Å²) in [5, 5.41) is 6.17. The third-order valence-electron chi connectivity index (χ3n) is 4.34. The van der Waals surface area contributed by atoms with Crippen molar-refractivity contribution in [2.75, 3.05) is 7.11 Å². The van der Waals surface area contributed by atoms with E-state index in [-0.39, 0.29) is 29.2 Å². The van der Waals surface area contributed by atoms with Crippen LogP contribution in [0.15, 0.2) is 35.1 Å². The first-order valence-electron chi connectivity index (χ1n) is 7.56. The third kappa shape index (κ3) is 2.72. The van der Waals surface area contributed by atoms with E-state index in [2.05, 4.69) is 10.2 Å². The minimum atomic E-state index is -0.321. The maximum Gasteiger partial charge on any atom is 0.275 e. The number of hydrogen-bond donors (Lipinski definition) is 1.